The van der Waals surface area contributed by atoms with Crippen molar-refractivity contribution in [3.8, 4) is 22.6 Å². The molecule has 0 saturated heterocycles. The van der Waals surface area contributed by atoms with Crippen molar-refractivity contribution in [2.24, 2.45) is 5.73 Å². The Labute approximate surface area is 245 Å². The fourth-order valence-electron chi connectivity index (χ4n) is 4.32. The maximum atomic E-state index is 11.7. The van der Waals surface area contributed by atoms with E-state index in [0.717, 1.165) is 40.7 Å². The predicted octanol–water partition coefficient (Wildman–Crippen LogP) is 8.30. The molecule has 0 fully saturated rings. The summed E-state index contributed by atoms with van der Waals surface area (Å²) in [6, 6.07) is 20.8. The average molecular weight is 566 g/mol. The Hall–Kier alpha value is -2.96. The maximum absolute atomic E-state index is 11.7. The molecule has 0 aliphatic heterocycles. The van der Waals surface area contributed by atoms with Crippen molar-refractivity contribution in [2.45, 2.75) is 80.1 Å². The minimum absolute atomic E-state index is 0.288. The van der Waals surface area contributed by atoms with Crippen LogP contribution < -0.4 is 15.2 Å². The molecule has 218 valence electrons. The van der Waals surface area contributed by atoms with E-state index >= 15 is 0 Å². The van der Waals surface area contributed by atoms with Gasteiger partial charge in [0.1, 0.15) is 24.3 Å². The molecule has 1 unspecified atom stereocenters. The molecule has 5 nitrogen and oxygen atoms in total. The SMILES string of the molecule is CC.CCSCCOc1cc(C)c(-c2cccc(COc3ccc(CCC(=O)OC(C)N)cc3)c2)c(C(C)C)c1. The van der Waals surface area contributed by atoms with Gasteiger partial charge in [-0.2, -0.15) is 11.8 Å². The van der Waals surface area contributed by atoms with Crippen LogP contribution in [0.25, 0.3) is 11.1 Å². The van der Waals surface area contributed by atoms with Crippen molar-refractivity contribution in [3.63, 3.8) is 0 Å². The van der Waals surface area contributed by atoms with Crippen molar-refractivity contribution < 1.29 is 19.0 Å². The highest BCUT2D eigenvalue weighted by molar-refractivity contribution is 7.99. The zero-order valence-corrected chi connectivity index (χ0v) is 26.1. The summed E-state index contributed by atoms with van der Waals surface area (Å²) in [5, 5.41) is 0. The Morgan fingerprint density at radius 1 is 0.925 bits per heavy atom. The van der Waals surface area contributed by atoms with Crippen molar-refractivity contribution in [1.29, 1.82) is 0 Å². The predicted molar refractivity (Wildman–Crippen MR) is 169 cm³/mol. The summed E-state index contributed by atoms with van der Waals surface area (Å²) in [7, 11) is 0. The molecule has 2 N–H and O–H groups in total. The average Bonchev–Trinajstić information content (AvgIpc) is 2.94. The first kappa shape index (κ1) is 33.2. The van der Waals surface area contributed by atoms with Crippen LogP contribution in [0.5, 0.6) is 11.5 Å². The summed E-state index contributed by atoms with van der Waals surface area (Å²) in [5.74, 6) is 3.93. The van der Waals surface area contributed by atoms with Gasteiger partial charge in [0.05, 0.1) is 6.61 Å². The molecule has 0 heterocycles. The van der Waals surface area contributed by atoms with E-state index in [4.69, 9.17) is 19.9 Å². The lowest BCUT2D eigenvalue weighted by Gasteiger charge is -2.19. The molecule has 0 radical (unpaired) electrons. The molecule has 1 atom stereocenters. The lowest BCUT2D eigenvalue weighted by atomic mass is 9.88. The summed E-state index contributed by atoms with van der Waals surface area (Å²) in [6.07, 6.45) is 0.329. The summed E-state index contributed by atoms with van der Waals surface area (Å²) >= 11 is 1.89. The Morgan fingerprint density at radius 3 is 2.30 bits per heavy atom. The molecule has 3 aromatic rings. The molecule has 6 heteroatoms. The Bertz CT molecular complexity index is 1180. The van der Waals surface area contributed by atoms with Crippen molar-refractivity contribution in [1.82, 2.24) is 0 Å². The highest BCUT2D eigenvalue weighted by atomic mass is 32.2. The van der Waals surface area contributed by atoms with Gasteiger partial charge in [0, 0.05) is 12.2 Å². The second kappa shape index (κ2) is 17.7. The van der Waals surface area contributed by atoms with Crippen LogP contribution in [0.4, 0.5) is 0 Å². The molecule has 0 aliphatic rings. The molecule has 0 aliphatic carbocycles. The first-order valence-corrected chi connectivity index (χ1v) is 15.5. The molecule has 0 aromatic heterocycles. The minimum atomic E-state index is -0.578. The quantitative estimate of drug-likeness (QED) is 0.120. The van der Waals surface area contributed by atoms with Crippen LogP contribution in [0.1, 0.15) is 76.1 Å². The van der Waals surface area contributed by atoms with Gasteiger partial charge in [-0.3, -0.25) is 10.5 Å². The summed E-state index contributed by atoms with van der Waals surface area (Å²) in [4.78, 5) is 11.7. The molecular formula is C34H47NO4S. The van der Waals surface area contributed by atoms with Gasteiger partial charge in [-0.1, -0.05) is 65.0 Å². The van der Waals surface area contributed by atoms with Gasteiger partial charge in [-0.15, -0.1) is 0 Å². The number of esters is 1. The van der Waals surface area contributed by atoms with Gasteiger partial charge in [0.2, 0.25) is 0 Å². The van der Waals surface area contributed by atoms with E-state index in [1.807, 2.05) is 49.9 Å². The molecule has 40 heavy (non-hydrogen) atoms. The number of hydrogen-bond acceptors (Lipinski definition) is 6. The van der Waals surface area contributed by atoms with Gasteiger partial charge in [0.25, 0.3) is 0 Å². The lowest BCUT2D eigenvalue weighted by molar-refractivity contribution is -0.147. The number of benzene rings is 3. The normalized spacial score (nSPS) is 11.4. The second-order valence-electron chi connectivity index (χ2n) is 9.73. The number of aryl methyl sites for hydroxylation is 2. The zero-order chi connectivity index (χ0) is 29.5. The lowest BCUT2D eigenvalue weighted by Crippen LogP contribution is -2.23. The van der Waals surface area contributed by atoms with E-state index in [0.29, 0.717) is 25.4 Å². The van der Waals surface area contributed by atoms with Crippen molar-refractivity contribution in [3.05, 3.63) is 82.9 Å². The van der Waals surface area contributed by atoms with Crippen LogP contribution >= 0.6 is 11.8 Å². The molecule has 3 aromatic carbocycles. The van der Waals surface area contributed by atoms with Crippen LogP contribution in [0.2, 0.25) is 0 Å². The monoisotopic (exact) mass is 565 g/mol. The van der Waals surface area contributed by atoms with Gasteiger partial charge in [-0.25, -0.2) is 0 Å². The standard InChI is InChI=1S/C32H41NO4S.C2H6/c1-6-38-17-16-35-29-18-23(4)32(30(20-29)22(2)3)27-9-7-8-26(19-27)21-36-28-13-10-25(11-14-28)12-15-31(34)37-24(5)33;1-2/h7-11,13-14,18-20,22,24H,6,12,15-17,21,33H2,1-5H3;1-2H3. The zero-order valence-electron chi connectivity index (χ0n) is 25.3. The van der Waals surface area contributed by atoms with E-state index in [1.54, 1.807) is 6.92 Å². The smallest absolute Gasteiger partial charge is 0.307 e. The van der Waals surface area contributed by atoms with Crippen LogP contribution in [-0.2, 0) is 22.6 Å². The summed E-state index contributed by atoms with van der Waals surface area (Å²) in [5.41, 5.74) is 12.6. The molecule has 0 amide bonds. The number of carbonyl (C=O) groups is 1. The van der Waals surface area contributed by atoms with Gasteiger partial charge in [-0.05, 0) is 95.7 Å². The van der Waals surface area contributed by atoms with E-state index < -0.39 is 6.23 Å². The maximum Gasteiger partial charge on any atom is 0.307 e. The third-order valence-corrected chi connectivity index (χ3v) is 7.01. The van der Waals surface area contributed by atoms with Gasteiger partial charge in [0.15, 0.2) is 0 Å². The molecule has 0 spiro atoms. The van der Waals surface area contributed by atoms with Crippen molar-refractivity contribution >= 4 is 17.7 Å². The van der Waals surface area contributed by atoms with E-state index in [9.17, 15) is 4.79 Å². The third-order valence-electron chi connectivity index (χ3n) is 6.14. The number of ether oxygens (including phenoxy) is 3. The number of hydrogen-bond donors (Lipinski definition) is 1. The van der Waals surface area contributed by atoms with E-state index in [-0.39, 0.29) is 5.97 Å². The summed E-state index contributed by atoms with van der Waals surface area (Å²) < 4.78 is 17.1. The minimum Gasteiger partial charge on any atom is -0.493 e. The van der Waals surface area contributed by atoms with Gasteiger partial charge >= 0.3 is 5.97 Å². The van der Waals surface area contributed by atoms with Crippen LogP contribution in [0, 0.1) is 6.92 Å². The second-order valence-corrected chi connectivity index (χ2v) is 11.1. The Morgan fingerprint density at radius 2 is 1.65 bits per heavy atom. The van der Waals surface area contributed by atoms with Crippen LogP contribution in [-0.4, -0.2) is 30.3 Å². The number of thioether (sulfide) groups is 1. The Kier molecular flexibility index (Phi) is 14.7. The molecule has 0 saturated carbocycles. The number of carbonyl (C=O) groups excluding carboxylic acids is 1. The topological polar surface area (TPSA) is 70.8 Å². The largest absolute Gasteiger partial charge is 0.493 e. The first-order valence-electron chi connectivity index (χ1n) is 14.4. The number of rotatable bonds is 14. The Balaban J connectivity index is 0.00000274. The number of nitrogens with two attached hydrogens (primary N) is 1. The van der Waals surface area contributed by atoms with Gasteiger partial charge < -0.3 is 14.2 Å². The van der Waals surface area contributed by atoms with Crippen molar-refractivity contribution in [2.75, 3.05) is 18.1 Å². The molecular weight excluding hydrogens is 518 g/mol. The van der Waals surface area contributed by atoms with E-state index in [2.05, 4.69) is 64.1 Å². The highest BCUT2D eigenvalue weighted by Crippen LogP contribution is 2.36. The first-order chi connectivity index (χ1) is 19.3. The van der Waals surface area contributed by atoms with E-state index in [1.165, 1.54) is 22.3 Å². The van der Waals surface area contributed by atoms with Crippen LogP contribution in [0.3, 0.4) is 0 Å². The highest BCUT2D eigenvalue weighted by Gasteiger charge is 2.15. The molecule has 3 rings (SSSR count). The third kappa shape index (κ3) is 10.9. The fourth-order valence-corrected chi connectivity index (χ4v) is 4.81. The fraction of sp³-hybridized carbons (Fsp3) is 0.441. The molecule has 0 bridgehead atoms. The van der Waals surface area contributed by atoms with Crippen LogP contribution in [0.15, 0.2) is 60.7 Å². The summed E-state index contributed by atoms with van der Waals surface area (Å²) in [6.45, 7) is 15.6.